The summed E-state index contributed by atoms with van der Waals surface area (Å²) in [5.41, 5.74) is 0.598. The standard InChI is InChI=1S/C19H25N3O4S/c1-2-26-19(25)21-10-8-15(9-11-21)20-17(23)16-12-27-13-22(16)18(24)14-6-4-3-5-7-14/h3-7,15-16H,2,8-13H2,1H3,(H,20,23). The van der Waals surface area contributed by atoms with Crippen molar-refractivity contribution in [2.45, 2.75) is 31.8 Å². The molecule has 27 heavy (non-hydrogen) atoms. The van der Waals surface area contributed by atoms with Gasteiger partial charge in [-0.1, -0.05) is 18.2 Å². The van der Waals surface area contributed by atoms with Crippen molar-refractivity contribution in [2.24, 2.45) is 0 Å². The largest absolute Gasteiger partial charge is 0.450 e. The summed E-state index contributed by atoms with van der Waals surface area (Å²) in [5, 5.41) is 3.06. The third-order valence-electron chi connectivity index (χ3n) is 4.83. The first-order valence-electron chi connectivity index (χ1n) is 9.26. The lowest BCUT2D eigenvalue weighted by Gasteiger charge is -2.33. The molecule has 1 aromatic carbocycles. The molecule has 1 aromatic rings. The molecular weight excluding hydrogens is 366 g/mol. The van der Waals surface area contributed by atoms with Crippen LogP contribution >= 0.6 is 11.8 Å². The predicted octanol–water partition coefficient (Wildman–Crippen LogP) is 1.94. The highest BCUT2D eigenvalue weighted by Crippen LogP contribution is 2.24. The first-order chi connectivity index (χ1) is 13.1. The molecule has 2 saturated heterocycles. The van der Waals surface area contributed by atoms with Crippen LogP contribution in [0.3, 0.4) is 0 Å². The fraction of sp³-hybridized carbons (Fsp3) is 0.526. The summed E-state index contributed by atoms with van der Waals surface area (Å²) in [7, 11) is 0. The molecule has 2 aliphatic heterocycles. The van der Waals surface area contributed by atoms with E-state index >= 15 is 0 Å². The summed E-state index contributed by atoms with van der Waals surface area (Å²) in [4.78, 5) is 40.5. The average molecular weight is 391 g/mol. The maximum absolute atomic E-state index is 12.8. The summed E-state index contributed by atoms with van der Waals surface area (Å²) in [6.07, 6.45) is 1.09. The third kappa shape index (κ3) is 4.74. The number of piperidine rings is 1. The van der Waals surface area contributed by atoms with E-state index < -0.39 is 6.04 Å². The fourth-order valence-corrected chi connectivity index (χ4v) is 4.48. The Kier molecular flexibility index (Phi) is 6.60. The molecule has 7 nitrogen and oxygen atoms in total. The van der Waals surface area contributed by atoms with Gasteiger partial charge < -0.3 is 19.9 Å². The van der Waals surface area contributed by atoms with Crippen LogP contribution in [0.15, 0.2) is 30.3 Å². The zero-order valence-corrected chi connectivity index (χ0v) is 16.2. The number of hydrogen-bond acceptors (Lipinski definition) is 5. The number of rotatable bonds is 4. The van der Waals surface area contributed by atoms with Crippen molar-refractivity contribution in [3.63, 3.8) is 0 Å². The van der Waals surface area contributed by atoms with E-state index in [0.717, 1.165) is 0 Å². The minimum Gasteiger partial charge on any atom is -0.450 e. The molecule has 8 heteroatoms. The number of benzene rings is 1. The minimum absolute atomic E-state index is 0.0162. The number of likely N-dealkylation sites (tertiary alicyclic amines) is 1. The Morgan fingerprint density at radius 1 is 1.19 bits per heavy atom. The third-order valence-corrected chi connectivity index (χ3v) is 5.85. The van der Waals surface area contributed by atoms with Crippen molar-refractivity contribution in [1.82, 2.24) is 15.1 Å². The van der Waals surface area contributed by atoms with Crippen LogP contribution in [-0.2, 0) is 9.53 Å². The van der Waals surface area contributed by atoms with Crippen LogP contribution in [0.5, 0.6) is 0 Å². The number of amides is 3. The highest BCUT2D eigenvalue weighted by molar-refractivity contribution is 7.99. The van der Waals surface area contributed by atoms with E-state index in [0.29, 0.717) is 49.7 Å². The summed E-state index contributed by atoms with van der Waals surface area (Å²) in [6, 6.07) is 8.61. The highest BCUT2D eigenvalue weighted by Gasteiger charge is 2.36. The molecule has 0 aromatic heterocycles. The van der Waals surface area contributed by atoms with E-state index in [1.807, 2.05) is 18.2 Å². The van der Waals surface area contributed by atoms with Gasteiger partial charge in [-0.15, -0.1) is 11.8 Å². The fourth-order valence-electron chi connectivity index (χ4n) is 3.33. The molecule has 0 aliphatic carbocycles. The van der Waals surface area contributed by atoms with Crippen molar-refractivity contribution in [3.05, 3.63) is 35.9 Å². The lowest BCUT2D eigenvalue weighted by Crippen LogP contribution is -2.52. The van der Waals surface area contributed by atoms with Crippen molar-refractivity contribution in [3.8, 4) is 0 Å². The maximum Gasteiger partial charge on any atom is 0.409 e. The normalized spacial score (nSPS) is 20.4. The van der Waals surface area contributed by atoms with Crippen molar-refractivity contribution < 1.29 is 19.1 Å². The second kappa shape index (κ2) is 9.12. The average Bonchev–Trinajstić information content (AvgIpc) is 3.19. The molecule has 3 amide bonds. The number of carbonyl (C=O) groups excluding carboxylic acids is 3. The number of thioether (sulfide) groups is 1. The Balaban J connectivity index is 1.53. The lowest BCUT2D eigenvalue weighted by molar-refractivity contribution is -0.125. The molecule has 0 spiro atoms. The molecule has 1 unspecified atom stereocenters. The molecule has 2 aliphatic rings. The van der Waals surface area contributed by atoms with Crippen LogP contribution in [-0.4, -0.2) is 71.1 Å². The van der Waals surface area contributed by atoms with E-state index in [-0.39, 0.29) is 23.9 Å². The molecule has 1 N–H and O–H groups in total. The maximum atomic E-state index is 12.8. The van der Waals surface area contributed by atoms with Crippen LogP contribution in [0, 0.1) is 0 Å². The summed E-state index contributed by atoms with van der Waals surface area (Å²) < 4.78 is 5.01. The number of nitrogens with one attached hydrogen (secondary N) is 1. The van der Waals surface area contributed by atoms with Gasteiger partial charge in [-0.05, 0) is 31.9 Å². The van der Waals surface area contributed by atoms with E-state index in [2.05, 4.69) is 5.32 Å². The van der Waals surface area contributed by atoms with Crippen LogP contribution in [0.1, 0.15) is 30.1 Å². The van der Waals surface area contributed by atoms with Gasteiger partial charge in [0, 0.05) is 30.4 Å². The Labute approximate surface area is 163 Å². The van der Waals surface area contributed by atoms with Crippen molar-refractivity contribution in [2.75, 3.05) is 31.3 Å². The molecule has 3 rings (SSSR count). The smallest absolute Gasteiger partial charge is 0.409 e. The Bertz CT molecular complexity index is 677. The SMILES string of the molecule is CCOC(=O)N1CCC(NC(=O)C2CSCN2C(=O)c2ccccc2)CC1. The van der Waals surface area contributed by atoms with Gasteiger partial charge >= 0.3 is 6.09 Å². The van der Waals surface area contributed by atoms with Gasteiger partial charge in [0.1, 0.15) is 6.04 Å². The van der Waals surface area contributed by atoms with Gasteiger partial charge in [-0.25, -0.2) is 4.79 Å². The summed E-state index contributed by atoms with van der Waals surface area (Å²) in [6.45, 7) is 3.28. The zero-order chi connectivity index (χ0) is 19.2. The van der Waals surface area contributed by atoms with Gasteiger partial charge in [-0.2, -0.15) is 0 Å². The molecule has 0 radical (unpaired) electrons. The van der Waals surface area contributed by atoms with Crippen molar-refractivity contribution >= 4 is 29.7 Å². The Morgan fingerprint density at radius 3 is 2.56 bits per heavy atom. The number of nitrogens with zero attached hydrogens (tertiary/aromatic N) is 2. The number of hydrogen-bond donors (Lipinski definition) is 1. The molecule has 1 atom stereocenters. The van der Waals surface area contributed by atoms with Gasteiger partial charge in [0.25, 0.3) is 5.91 Å². The number of carbonyl (C=O) groups is 3. The van der Waals surface area contributed by atoms with E-state index in [9.17, 15) is 14.4 Å². The summed E-state index contributed by atoms with van der Waals surface area (Å²) in [5.74, 6) is 0.899. The van der Waals surface area contributed by atoms with E-state index in [4.69, 9.17) is 4.74 Å². The van der Waals surface area contributed by atoms with Crippen LogP contribution in [0.4, 0.5) is 4.79 Å². The van der Waals surface area contributed by atoms with Gasteiger partial charge in [-0.3, -0.25) is 9.59 Å². The van der Waals surface area contributed by atoms with Crippen molar-refractivity contribution in [1.29, 1.82) is 0 Å². The first-order valence-corrected chi connectivity index (χ1v) is 10.4. The van der Waals surface area contributed by atoms with Gasteiger partial charge in [0.05, 0.1) is 12.5 Å². The second-order valence-corrected chi connectivity index (χ2v) is 7.63. The lowest BCUT2D eigenvalue weighted by atomic mass is 10.0. The Morgan fingerprint density at radius 2 is 1.89 bits per heavy atom. The Hall–Kier alpha value is -2.22. The first kappa shape index (κ1) is 19.5. The van der Waals surface area contributed by atoms with Crippen LogP contribution in [0.25, 0.3) is 0 Å². The quantitative estimate of drug-likeness (QED) is 0.849. The van der Waals surface area contributed by atoms with Crippen LogP contribution < -0.4 is 5.32 Å². The summed E-state index contributed by atoms with van der Waals surface area (Å²) >= 11 is 1.59. The zero-order valence-electron chi connectivity index (χ0n) is 15.4. The molecule has 2 fully saturated rings. The van der Waals surface area contributed by atoms with Gasteiger partial charge in [0.15, 0.2) is 0 Å². The number of ether oxygens (including phenoxy) is 1. The molecular formula is C19H25N3O4S. The molecule has 0 bridgehead atoms. The van der Waals surface area contributed by atoms with Gasteiger partial charge in [0.2, 0.25) is 5.91 Å². The molecule has 2 heterocycles. The minimum atomic E-state index is -0.453. The molecule has 146 valence electrons. The highest BCUT2D eigenvalue weighted by atomic mass is 32.2. The monoisotopic (exact) mass is 391 g/mol. The second-order valence-electron chi connectivity index (χ2n) is 6.63. The molecule has 0 saturated carbocycles. The predicted molar refractivity (Wildman–Crippen MR) is 103 cm³/mol. The topological polar surface area (TPSA) is 79.0 Å². The van der Waals surface area contributed by atoms with E-state index in [1.165, 1.54) is 0 Å². The van der Waals surface area contributed by atoms with E-state index in [1.54, 1.807) is 40.6 Å². The van der Waals surface area contributed by atoms with Crippen LogP contribution in [0.2, 0.25) is 0 Å².